The quantitative estimate of drug-likeness (QED) is 0.647. The van der Waals surface area contributed by atoms with Gasteiger partial charge in [0.05, 0.1) is 24.8 Å². The van der Waals surface area contributed by atoms with Gasteiger partial charge in [0.15, 0.2) is 11.5 Å². The van der Waals surface area contributed by atoms with Crippen LogP contribution in [0.2, 0.25) is 5.02 Å². The Morgan fingerprint density at radius 2 is 2.07 bits per heavy atom. The van der Waals surface area contributed by atoms with Crippen molar-refractivity contribution >= 4 is 23.6 Å². The molecule has 0 N–H and O–H groups in total. The van der Waals surface area contributed by atoms with Crippen LogP contribution in [0.25, 0.3) is 6.08 Å². The second-order valence-electron chi connectivity index (χ2n) is 6.40. The normalized spacial score (nSPS) is 16.7. The molecule has 1 heterocycles. The van der Waals surface area contributed by atoms with Crippen LogP contribution in [0.3, 0.4) is 0 Å². The average molecular weight is 386 g/mol. The van der Waals surface area contributed by atoms with Crippen molar-refractivity contribution in [2.75, 3.05) is 20.3 Å². The van der Waals surface area contributed by atoms with E-state index in [9.17, 15) is 4.79 Å². The van der Waals surface area contributed by atoms with Crippen LogP contribution in [0.15, 0.2) is 48.5 Å². The lowest BCUT2D eigenvalue weighted by atomic mass is 10.0. The number of halogens is 1. The highest BCUT2D eigenvalue weighted by Crippen LogP contribution is 2.37. The summed E-state index contributed by atoms with van der Waals surface area (Å²) in [6.45, 7) is 3.18. The molecular formula is C22H24ClNO3. The van der Waals surface area contributed by atoms with Gasteiger partial charge in [-0.2, -0.15) is 0 Å². The highest BCUT2D eigenvalue weighted by Gasteiger charge is 2.28. The van der Waals surface area contributed by atoms with Crippen molar-refractivity contribution in [2.45, 2.75) is 25.8 Å². The van der Waals surface area contributed by atoms with Gasteiger partial charge in [-0.3, -0.25) is 4.79 Å². The van der Waals surface area contributed by atoms with Crippen LogP contribution in [0.4, 0.5) is 0 Å². The summed E-state index contributed by atoms with van der Waals surface area (Å²) < 4.78 is 10.9. The fourth-order valence-electron chi connectivity index (χ4n) is 3.46. The molecule has 1 fully saturated rings. The summed E-state index contributed by atoms with van der Waals surface area (Å²) in [4.78, 5) is 14.7. The Morgan fingerprint density at radius 1 is 1.30 bits per heavy atom. The van der Waals surface area contributed by atoms with Gasteiger partial charge in [0.2, 0.25) is 5.91 Å². The van der Waals surface area contributed by atoms with E-state index in [0.717, 1.165) is 24.9 Å². The van der Waals surface area contributed by atoms with Gasteiger partial charge in [0.1, 0.15) is 0 Å². The molecule has 1 atom stereocenters. The minimum Gasteiger partial charge on any atom is -0.491 e. The topological polar surface area (TPSA) is 38.8 Å². The van der Waals surface area contributed by atoms with Gasteiger partial charge in [0, 0.05) is 12.6 Å². The lowest BCUT2D eigenvalue weighted by Gasteiger charge is -2.23. The van der Waals surface area contributed by atoms with Gasteiger partial charge >= 0.3 is 0 Å². The molecule has 2 aromatic carbocycles. The van der Waals surface area contributed by atoms with Gasteiger partial charge < -0.3 is 14.4 Å². The molecule has 0 radical (unpaired) electrons. The molecule has 0 spiro atoms. The largest absolute Gasteiger partial charge is 0.491 e. The van der Waals surface area contributed by atoms with Crippen molar-refractivity contribution in [2.24, 2.45) is 0 Å². The number of likely N-dealkylation sites (tertiary alicyclic amines) is 1. The molecule has 1 aliphatic heterocycles. The van der Waals surface area contributed by atoms with Gasteiger partial charge in [-0.15, -0.1) is 0 Å². The van der Waals surface area contributed by atoms with Gasteiger partial charge in [0.25, 0.3) is 0 Å². The zero-order valence-electron chi connectivity index (χ0n) is 15.7. The summed E-state index contributed by atoms with van der Waals surface area (Å²) in [7, 11) is 1.56. The molecule has 5 heteroatoms. The third-order valence-electron chi connectivity index (χ3n) is 4.67. The summed E-state index contributed by atoms with van der Waals surface area (Å²) >= 11 is 6.28. The molecule has 4 nitrogen and oxygen atoms in total. The van der Waals surface area contributed by atoms with E-state index in [0.29, 0.717) is 23.1 Å². The molecule has 2 aromatic rings. The first kappa shape index (κ1) is 19.3. The fourth-order valence-corrected chi connectivity index (χ4v) is 3.76. The molecule has 1 unspecified atom stereocenters. The standard InChI is InChI=1S/C22H24ClNO3/c1-3-27-20-15-16(14-18(23)22(20)26-2)11-12-21(25)24-13-7-10-19(24)17-8-5-4-6-9-17/h4-6,8-9,11-12,14-15,19H,3,7,10,13H2,1-2H3. The van der Waals surface area contributed by atoms with Crippen LogP contribution >= 0.6 is 11.6 Å². The minimum absolute atomic E-state index is 0.00579. The van der Waals surface area contributed by atoms with E-state index in [1.807, 2.05) is 36.1 Å². The SMILES string of the molecule is CCOc1cc(C=CC(=O)N2CCCC2c2ccccc2)cc(Cl)c1OC. The average Bonchev–Trinajstić information content (AvgIpc) is 3.17. The molecular weight excluding hydrogens is 362 g/mol. The second kappa shape index (κ2) is 8.96. The van der Waals surface area contributed by atoms with Gasteiger partial charge in [-0.05, 0) is 49.1 Å². The zero-order valence-corrected chi connectivity index (χ0v) is 16.4. The Balaban J connectivity index is 1.78. The number of hydrogen-bond acceptors (Lipinski definition) is 3. The van der Waals surface area contributed by atoms with Crippen molar-refractivity contribution in [3.63, 3.8) is 0 Å². The van der Waals surface area contributed by atoms with Crippen LogP contribution in [0.1, 0.15) is 36.9 Å². The number of benzene rings is 2. The van der Waals surface area contributed by atoms with E-state index in [4.69, 9.17) is 21.1 Å². The minimum atomic E-state index is 0.00579. The summed E-state index contributed by atoms with van der Waals surface area (Å²) in [5.74, 6) is 1.08. The number of carbonyl (C=O) groups is 1. The fraction of sp³-hybridized carbons (Fsp3) is 0.318. The monoisotopic (exact) mass is 385 g/mol. The Bertz CT molecular complexity index is 820. The third kappa shape index (κ3) is 4.45. The lowest BCUT2D eigenvalue weighted by molar-refractivity contribution is -0.126. The molecule has 0 aliphatic carbocycles. The number of nitrogens with zero attached hydrogens (tertiary/aromatic N) is 1. The molecule has 0 aromatic heterocycles. The van der Waals surface area contributed by atoms with E-state index in [1.165, 1.54) is 5.56 Å². The lowest BCUT2D eigenvalue weighted by Crippen LogP contribution is -2.28. The summed E-state index contributed by atoms with van der Waals surface area (Å²) in [6, 6.07) is 13.9. The molecule has 142 valence electrons. The van der Waals surface area contributed by atoms with Crippen LogP contribution in [-0.2, 0) is 4.79 Å². The maximum Gasteiger partial charge on any atom is 0.247 e. The zero-order chi connectivity index (χ0) is 19.2. The molecule has 0 bridgehead atoms. The summed E-state index contributed by atoms with van der Waals surface area (Å²) in [5.41, 5.74) is 1.98. The molecule has 3 rings (SSSR count). The first-order chi connectivity index (χ1) is 13.1. The van der Waals surface area contributed by atoms with Crippen LogP contribution < -0.4 is 9.47 Å². The number of amides is 1. The van der Waals surface area contributed by atoms with Crippen molar-refractivity contribution in [3.05, 3.63) is 64.7 Å². The van der Waals surface area contributed by atoms with Gasteiger partial charge in [-0.1, -0.05) is 41.9 Å². The molecule has 27 heavy (non-hydrogen) atoms. The predicted octanol–water partition coefficient (Wildman–Crippen LogP) is 5.12. The Kier molecular flexibility index (Phi) is 6.40. The number of ether oxygens (including phenoxy) is 2. The molecule has 1 aliphatic rings. The summed E-state index contributed by atoms with van der Waals surface area (Å²) in [6.07, 6.45) is 5.39. The summed E-state index contributed by atoms with van der Waals surface area (Å²) in [5, 5.41) is 0.457. The second-order valence-corrected chi connectivity index (χ2v) is 6.81. The maximum atomic E-state index is 12.8. The number of hydrogen-bond donors (Lipinski definition) is 0. The molecule has 1 amide bonds. The Hall–Kier alpha value is -2.46. The first-order valence-electron chi connectivity index (χ1n) is 9.18. The van der Waals surface area contributed by atoms with Crippen LogP contribution in [0.5, 0.6) is 11.5 Å². The number of carbonyl (C=O) groups excluding carboxylic acids is 1. The molecule has 0 saturated carbocycles. The maximum absolute atomic E-state index is 12.8. The smallest absolute Gasteiger partial charge is 0.247 e. The highest BCUT2D eigenvalue weighted by molar-refractivity contribution is 6.32. The number of methoxy groups -OCH3 is 1. The van der Waals surface area contributed by atoms with E-state index < -0.39 is 0 Å². The molecule has 1 saturated heterocycles. The van der Waals surface area contributed by atoms with Crippen LogP contribution in [0, 0.1) is 0 Å². The van der Waals surface area contributed by atoms with Crippen LogP contribution in [-0.4, -0.2) is 31.1 Å². The van der Waals surface area contributed by atoms with Crippen molar-refractivity contribution in [1.82, 2.24) is 4.90 Å². The Labute approximate surface area is 165 Å². The van der Waals surface area contributed by atoms with E-state index in [1.54, 1.807) is 25.3 Å². The first-order valence-corrected chi connectivity index (χ1v) is 9.55. The Morgan fingerprint density at radius 3 is 2.78 bits per heavy atom. The number of rotatable bonds is 6. The van der Waals surface area contributed by atoms with E-state index in [-0.39, 0.29) is 11.9 Å². The van der Waals surface area contributed by atoms with Crippen molar-refractivity contribution in [1.29, 1.82) is 0 Å². The highest BCUT2D eigenvalue weighted by atomic mass is 35.5. The predicted molar refractivity (Wildman–Crippen MR) is 108 cm³/mol. The van der Waals surface area contributed by atoms with E-state index >= 15 is 0 Å². The third-order valence-corrected chi connectivity index (χ3v) is 4.96. The van der Waals surface area contributed by atoms with E-state index in [2.05, 4.69) is 12.1 Å². The van der Waals surface area contributed by atoms with Crippen molar-refractivity contribution < 1.29 is 14.3 Å². The van der Waals surface area contributed by atoms with Crippen molar-refractivity contribution in [3.8, 4) is 11.5 Å². The van der Waals surface area contributed by atoms with Gasteiger partial charge in [-0.25, -0.2) is 0 Å².